The molecule has 138 valence electrons. The van der Waals surface area contributed by atoms with Gasteiger partial charge in [-0.3, -0.25) is 9.10 Å². The molecule has 2 aliphatic carbocycles. The Morgan fingerprint density at radius 2 is 2.12 bits per heavy atom. The number of halogens is 1. The normalized spacial score (nSPS) is 26.4. The van der Waals surface area contributed by atoms with Gasteiger partial charge in [0, 0.05) is 11.1 Å². The lowest BCUT2D eigenvalue weighted by atomic mass is 9.95. The summed E-state index contributed by atoms with van der Waals surface area (Å²) < 4.78 is 26.0. The van der Waals surface area contributed by atoms with Crippen LogP contribution in [0.25, 0.3) is 0 Å². The minimum Gasteiger partial charge on any atom is -0.351 e. The first-order chi connectivity index (χ1) is 11.8. The van der Waals surface area contributed by atoms with Gasteiger partial charge in [-0.1, -0.05) is 31.0 Å². The molecule has 0 saturated heterocycles. The molecule has 7 heteroatoms. The van der Waals surface area contributed by atoms with E-state index in [0.29, 0.717) is 29.0 Å². The lowest BCUT2D eigenvalue weighted by molar-refractivity contribution is -0.123. The fourth-order valence-corrected chi connectivity index (χ4v) is 5.76. The van der Waals surface area contributed by atoms with E-state index in [2.05, 4.69) is 5.32 Å². The molecule has 25 heavy (non-hydrogen) atoms. The molecule has 1 aromatic carbocycles. The van der Waals surface area contributed by atoms with Crippen molar-refractivity contribution >= 4 is 33.2 Å². The zero-order valence-electron chi connectivity index (χ0n) is 14.6. The van der Waals surface area contributed by atoms with Crippen molar-refractivity contribution in [1.82, 2.24) is 5.32 Å². The van der Waals surface area contributed by atoms with Gasteiger partial charge in [0.1, 0.15) is 6.04 Å². The summed E-state index contributed by atoms with van der Waals surface area (Å²) in [5.41, 5.74) is 0.421. The minimum atomic E-state index is -3.62. The molecular formula is C18H25ClN2O3S. The van der Waals surface area contributed by atoms with Crippen molar-refractivity contribution in [3.8, 4) is 0 Å². The Hall–Kier alpha value is -1.27. The number of hydrogen-bond donors (Lipinski definition) is 1. The summed E-state index contributed by atoms with van der Waals surface area (Å²) in [6, 6.07) is 6.03. The smallest absolute Gasteiger partial charge is 0.244 e. The summed E-state index contributed by atoms with van der Waals surface area (Å²) in [7, 11) is -3.62. The molecular weight excluding hydrogens is 360 g/mol. The molecule has 0 heterocycles. The Balaban J connectivity index is 1.83. The molecule has 0 aliphatic heterocycles. The van der Waals surface area contributed by atoms with Gasteiger partial charge in [-0.05, 0) is 55.7 Å². The second-order valence-electron chi connectivity index (χ2n) is 7.25. The molecule has 0 aromatic heterocycles. The molecule has 1 aromatic rings. The van der Waals surface area contributed by atoms with Crippen LogP contribution in [0, 0.1) is 11.8 Å². The van der Waals surface area contributed by atoms with Crippen LogP contribution in [0.4, 0.5) is 5.69 Å². The van der Waals surface area contributed by atoms with Crippen molar-refractivity contribution in [3.63, 3.8) is 0 Å². The standard InChI is InChI=1S/C18H25ClN2O3S/c1-3-17(18(22)20-16-10-12-7-8-13(16)9-12)21(25(2,23)24)15-6-4-5-14(19)11-15/h4-6,11-13,16-17H,3,7-10H2,1-2H3,(H,20,22)/t12-,13-,16+,17+/m1/s1. The number of anilines is 1. The number of fused-ring (bicyclic) bond motifs is 2. The highest BCUT2D eigenvalue weighted by Gasteiger charge is 2.41. The largest absolute Gasteiger partial charge is 0.351 e. The zero-order valence-corrected chi connectivity index (χ0v) is 16.2. The second-order valence-corrected chi connectivity index (χ2v) is 9.55. The molecule has 3 rings (SSSR count). The molecule has 4 atom stereocenters. The number of nitrogens with zero attached hydrogens (tertiary/aromatic N) is 1. The van der Waals surface area contributed by atoms with Crippen LogP contribution < -0.4 is 9.62 Å². The van der Waals surface area contributed by atoms with Crippen LogP contribution in [-0.4, -0.2) is 32.7 Å². The Bertz CT molecular complexity index is 752. The maximum absolute atomic E-state index is 12.9. The lowest BCUT2D eigenvalue weighted by Crippen LogP contribution is -2.52. The third-order valence-electron chi connectivity index (χ3n) is 5.46. The molecule has 1 N–H and O–H groups in total. The highest BCUT2D eigenvalue weighted by atomic mass is 35.5. The van der Waals surface area contributed by atoms with Gasteiger partial charge in [0.25, 0.3) is 0 Å². The number of nitrogens with one attached hydrogen (secondary N) is 1. The van der Waals surface area contributed by atoms with Gasteiger partial charge >= 0.3 is 0 Å². The summed E-state index contributed by atoms with van der Waals surface area (Å²) in [6.45, 7) is 1.83. The predicted octanol–water partition coefficient (Wildman–Crippen LogP) is 3.19. The van der Waals surface area contributed by atoms with Crippen molar-refractivity contribution in [2.75, 3.05) is 10.6 Å². The van der Waals surface area contributed by atoms with E-state index in [0.717, 1.165) is 19.1 Å². The van der Waals surface area contributed by atoms with Crippen molar-refractivity contribution < 1.29 is 13.2 Å². The molecule has 5 nitrogen and oxygen atoms in total. The van der Waals surface area contributed by atoms with E-state index in [-0.39, 0.29) is 11.9 Å². The average Bonchev–Trinajstić information content (AvgIpc) is 3.13. The Kier molecular flexibility index (Phi) is 5.30. The van der Waals surface area contributed by atoms with Gasteiger partial charge in [0.05, 0.1) is 11.9 Å². The molecule has 2 fully saturated rings. The number of sulfonamides is 1. The third kappa shape index (κ3) is 3.95. The quantitative estimate of drug-likeness (QED) is 0.819. The average molecular weight is 385 g/mol. The van der Waals surface area contributed by atoms with Crippen molar-refractivity contribution in [2.45, 2.75) is 51.1 Å². The first-order valence-electron chi connectivity index (χ1n) is 8.85. The number of rotatable bonds is 6. The molecule has 0 unspecified atom stereocenters. The SMILES string of the molecule is CC[C@@H](C(=O)N[C@H]1C[C@@H]2CC[C@@H]1C2)N(c1cccc(Cl)c1)S(C)(=O)=O. The van der Waals surface area contributed by atoms with Crippen LogP contribution in [0.3, 0.4) is 0 Å². The number of carbonyl (C=O) groups excluding carboxylic acids is 1. The monoisotopic (exact) mass is 384 g/mol. The second kappa shape index (κ2) is 7.16. The van der Waals surface area contributed by atoms with Gasteiger partial charge in [-0.25, -0.2) is 8.42 Å². The van der Waals surface area contributed by atoms with Crippen LogP contribution in [0.5, 0.6) is 0 Å². The van der Waals surface area contributed by atoms with Crippen LogP contribution in [0.15, 0.2) is 24.3 Å². The Morgan fingerprint density at radius 1 is 1.36 bits per heavy atom. The molecule has 0 spiro atoms. The van der Waals surface area contributed by atoms with Gasteiger partial charge in [0.2, 0.25) is 15.9 Å². The molecule has 2 bridgehead atoms. The van der Waals surface area contributed by atoms with Crippen molar-refractivity contribution in [2.24, 2.45) is 11.8 Å². The number of hydrogen-bond acceptors (Lipinski definition) is 3. The van der Waals surface area contributed by atoms with Crippen LogP contribution in [0.1, 0.15) is 39.0 Å². The first kappa shape index (κ1) is 18.5. The topological polar surface area (TPSA) is 66.5 Å². The van der Waals surface area contributed by atoms with E-state index in [1.807, 2.05) is 6.92 Å². The van der Waals surface area contributed by atoms with Gasteiger partial charge < -0.3 is 5.32 Å². The van der Waals surface area contributed by atoms with E-state index in [1.165, 1.54) is 17.1 Å². The number of carbonyl (C=O) groups is 1. The molecule has 2 saturated carbocycles. The van der Waals surface area contributed by atoms with E-state index in [9.17, 15) is 13.2 Å². The first-order valence-corrected chi connectivity index (χ1v) is 11.1. The van der Waals surface area contributed by atoms with Crippen LogP contribution in [-0.2, 0) is 14.8 Å². The van der Waals surface area contributed by atoms with Gasteiger partial charge in [0.15, 0.2) is 0 Å². The van der Waals surface area contributed by atoms with Crippen LogP contribution >= 0.6 is 11.6 Å². The third-order valence-corrected chi connectivity index (χ3v) is 6.87. The fraction of sp³-hybridized carbons (Fsp3) is 0.611. The zero-order chi connectivity index (χ0) is 18.2. The number of amides is 1. The maximum atomic E-state index is 12.9. The highest BCUT2D eigenvalue weighted by molar-refractivity contribution is 7.92. The van der Waals surface area contributed by atoms with Gasteiger partial charge in [-0.2, -0.15) is 0 Å². The highest BCUT2D eigenvalue weighted by Crippen LogP contribution is 2.44. The Morgan fingerprint density at radius 3 is 2.64 bits per heavy atom. The lowest BCUT2D eigenvalue weighted by Gasteiger charge is -2.32. The van der Waals surface area contributed by atoms with E-state index in [4.69, 9.17) is 11.6 Å². The Labute approximate surface area is 154 Å². The molecule has 2 aliphatic rings. The van der Waals surface area contributed by atoms with Crippen LogP contribution in [0.2, 0.25) is 5.02 Å². The predicted molar refractivity (Wildman–Crippen MR) is 100 cm³/mol. The summed E-state index contributed by atoms with van der Waals surface area (Å²) >= 11 is 6.02. The van der Waals surface area contributed by atoms with E-state index in [1.54, 1.807) is 24.3 Å². The fourth-order valence-electron chi connectivity index (χ4n) is 4.37. The number of benzene rings is 1. The summed E-state index contributed by atoms with van der Waals surface area (Å²) in [6.07, 6.45) is 6.14. The van der Waals surface area contributed by atoms with E-state index < -0.39 is 16.1 Å². The molecule has 0 radical (unpaired) electrons. The van der Waals surface area contributed by atoms with Crippen molar-refractivity contribution in [3.05, 3.63) is 29.3 Å². The summed E-state index contributed by atoms with van der Waals surface area (Å²) in [4.78, 5) is 12.9. The van der Waals surface area contributed by atoms with Crippen molar-refractivity contribution in [1.29, 1.82) is 0 Å². The van der Waals surface area contributed by atoms with E-state index >= 15 is 0 Å². The van der Waals surface area contributed by atoms with Gasteiger partial charge in [-0.15, -0.1) is 0 Å². The summed E-state index contributed by atoms with van der Waals surface area (Å²) in [5, 5.41) is 3.56. The maximum Gasteiger partial charge on any atom is 0.244 e. The minimum absolute atomic E-state index is 0.182. The molecule has 1 amide bonds. The summed E-state index contributed by atoms with van der Waals surface area (Å²) in [5.74, 6) is 1.05.